The smallest absolute Gasteiger partial charge is 0.160 e. The van der Waals surface area contributed by atoms with Gasteiger partial charge in [0.15, 0.2) is 5.65 Å². The molecule has 1 aliphatic carbocycles. The summed E-state index contributed by atoms with van der Waals surface area (Å²) in [5.41, 5.74) is 3.15. The Balaban J connectivity index is 2.18. The molecule has 2 heterocycles. The molecule has 2 aromatic rings. The molecule has 0 aromatic carbocycles. The molecule has 2 unspecified atom stereocenters. The maximum Gasteiger partial charge on any atom is 0.160 e. The van der Waals surface area contributed by atoms with Crippen LogP contribution in [0.1, 0.15) is 55.9 Å². The lowest BCUT2D eigenvalue weighted by molar-refractivity contribution is 0.222. The van der Waals surface area contributed by atoms with Gasteiger partial charge in [-0.3, -0.25) is 0 Å². The molecular weight excluding hydrogens is 258 g/mol. The SMILES string of the molecule is Cc1ccnc2c1nc(C(C)Cl)n2C(C)C1CCC1. The number of alkyl halides is 1. The number of rotatable bonds is 3. The van der Waals surface area contributed by atoms with Crippen molar-refractivity contribution in [2.45, 2.75) is 51.5 Å². The minimum atomic E-state index is -0.0869. The fraction of sp³-hybridized carbons (Fsp3) is 0.600. The first-order valence-electron chi connectivity index (χ1n) is 7.07. The lowest BCUT2D eigenvalue weighted by atomic mass is 9.80. The highest BCUT2D eigenvalue weighted by Gasteiger charge is 2.29. The monoisotopic (exact) mass is 277 g/mol. The number of imidazole rings is 1. The summed E-state index contributed by atoms with van der Waals surface area (Å²) in [6, 6.07) is 2.44. The number of hydrogen-bond acceptors (Lipinski definition) is 2. The summed E-state index contributed by atoms with van der Waals surface area (Å²) in [6.45, 7) is 6.35. The fourth-order valence-electron chi connectivity index (χ4n) is 2.94. The van der Waals surface area contributed by atoms with Gasteiger partial charge in [-0.2, -0.15) is 0 Å². The number of aryl methyl sites for hydroxylation is 1. The minimum Gasteiger partial charge on any atom is -0.308 e. The Hall–Kier alpha value is -1.09. The van der Waals surface area contributed by atoms with Crippen molar-refractivity contribution >= 4 is 22.8 Å². The topological polar surface area (TPSA) is 30.7 Å². The Morgan fingerprint density at radius 2 is 2.11 bits per heavy atom. The predicted octanol–water partition coefficient (Wildman–Crippen LogP) is 4.40. The first-order chi connectivity index (χ1) is 9.09. The lowest BCUT2D eigenvalue weighted by Gasteiger charge is -2.33. The molecule has 4 heteroatoms. The van der Waals surface area contributed by atoms with Crippen molar-refractivity contribution in [1.29, 1.82) is 0 Å². The summed E-state index contributed by atoms with van der Waals surface area (Å²) in [4.78, 5) is 9.29. The van der Waals surface area contributed by atoms with Crippen LogP contribution in [0.25, 0.3) is 11.2 Å². The van der Waals surface area contributed by atoms with Gasteiger partial charge in [-0.15, -0.1) is 11.6 Å². The first-order valence-corrected chi connectivity index (χ1v) is 7.50. The molecule has 102 valence electrons. The van der Waals surface area contributed by atoms with Gasteiger partial charge in [0.2, 0.25) is 0 Å². The van der Waals surface area contributed by atoms with Crippen molar-refractivity contribution in [2.24, 2.45) is 5.92 Å². The normalized spacial score (nSPS) is 19.4. The predicted molar refractivity (Wildman–Crippen MR) is 78.6 cm³/mol. The highest BCUT2D eigenvalue weighted by atomic mass is 35.5. The van der Waals surface area contributed by atoms with E-state index < -0.39 is 0 Å². The maximum atomic E-state index is 6.33. The second-order valence-electron chi connectivity index (χ2n) is 5.69. The largest absolute Gasteiger partial charge is 0.308 e. The molecule has 1 saturated carbocycles. The van der Waals surface area contributed by atoms with E-state index >= 15 is 0 Å². The summed E-state index contributed by atoms with van der Waals surface area (Å²) in [5, 5.41) is -0.0869. The molecule has 0 N–H and O–H groups in total. The third-order valence-electron chi connectivity index (χ3n) is 4.40. The molecule has 0 radical (unpaired) electrons. The number of pyridine rings is 1. The van der Waals surface area contributed by atoms with Crippen LogP contribution in [0.4, 0.5) is 0 Å². The van der Waals surface area contributed by atoms with E-state index in [0.29, 0.717) is 6.04 Å². The van der Waals surface area contributed by atoms with Crippen LogP contribution in [0.5, 0.6) is 0 Å². The van der Waals surface area contributed by atoms with Gasteiger partial charge in [0.05, 0.1) is 5.38 Å². The van der Waals surface area contributed by atoms with Gasteiger partial charge in [0.25, 0.3) is 0 Å². The van der Waals surface area contributed by atoms with Crippen molar-refractivity contribution < 1.29 is 0 Å². The molecule has 0 aliphatic heterocycles. The van der Waals surface area contributed by atoms with E-state index in [1.807, 2.05) is 19.2 Å². The van der Waals surface area contributed by atoms with Gasteiger partial charge in [-0.25, -0.2) is 9.97 Å². The average Bonchev–Trinajstić information content (AvgIpc) is 2.67. The fourth-order valence-corrected chi connectivity index (χ4v) is 3.10. The summed E-state index contributed by atoms with van der Waals surface area (Å²) in [7, 11) is 0. The number of fused-ring (bicyclic) bond motifs is 1. The van der Waals surface area contributed by atoms with E-state index in [4.69, 9.17) is 16.6 Å². The summed E-state index contributed by atoms with van der Waals surface area (Å²) < 4.78 is 2.27. The molecule has 0 saturated heterocycles. The van der Waals surface area contributed by atoms with Gasteiger partial charge in [-0.05, 0) is 51.2 Å². The van der Waals surface area contributed by atoms with Crippen LogP contribution in [-0.4, -0.2) is 14.5 Å². The number of nitrogens with zero attached hydrogens (tertiary/aromatic N) is 3. The molecule has 3 rings (SSSR count). The molecule has 1 aliphatic rings. The van der Waals surface area contributed by atoms with Gasteiger partial charge in [-0.1, -0.05) is 6.42 Å². The quantitative estimate of drug-likeness (QED) is 0.779. The molecule has 0 bridgehead atoms. The van der Waals surface area contributed by atoms with Gasteiger partial charge in [0, 0.05) is 12.2 Å². The van der Waals surface area contributed by atoms with E-state index in [1.165, 1.54) is 24.8 Å². The Morgan fingerprint density at radius 3 is 2.68 bits per heavy atom. The zero-order valence-corrected chi connectivity index (χ0v) is 12.5. The Labute approximate surface area is 119 Å². The van der Waals surface area contributed by atoms with Gasteiger partial charge < -0.3 is 4.57 Å². The summed E-state index contributed by atoms with van der Waals surface area (Å²) in [6.07, 6.45) is 5.83. The zero-order chi connectivity index (χ0) is 13.6. The van der Waals surface area contributed by atoms with Crippen molar-refractivity contribution in [1.82, 2.24) is 14.5 Å². The number of aromatic nitrogens is 3. The van der Waals surface area contributed by atoms with E-state index in [9.17, 15) is 0 Å². The van der Waals surface area contributed by atoms with E-state index in [2.05, 4.69) is 23.4 Å². The number of hydrogen-bond donors (Lipinski definition) is 0. The highest BCUT2D eigenvalue weighted by molar-refractivity contribution is 6.20. The van der Waals surface area contributed by atoms with Crippen LogP contribution < -0.4 is 0 Å². The number of halogens is 1. The van der Waals surface area contributed by atoms with Crippen molar-refractivity contribution in [3.8, 4) is 0 Å². The van der Waals surface area contributed by atoms with Crippen LogP contribution in [0, 0.1) is 12.8 Å². The van der Waals surface area contributed by atoms with E-state index in [0.717, 1.165) is 22.9 Å². The molecule has 19 heavy (non-hydrogen) atoms. The first kappa shape index (κ1) is 12.9. The summed E-state index contributed by atoms with van der Waals surface area (Å²) >= 11 is 6.33. The van der Waals surface area contributed by atoms with Crippen molar-refractivity contribution in [2.75, 3.05) is 0 Å². The Bertz CT molecular complexity index is 599. The van der Waals surface area contributed by atoms with E-state index in [1.54, 1.807) is 0 Å². The van der Waals surface area contributed by atoms with Gasteiger partial charge in [0.1, 0.15) is 11.3 Å². The third kappa shape index (κ3) is 2.04. The van der Waals surface area contributed by atoms with Crippen LogP contribution in [0.2, 0.25) is 0 Å². The molecule has 0 amide bonds. The Morgan fingerprint density at radius 1 is 1.37 bits per heavy atom. The molecule has 2 atom stereocenters. The second kappa shape index (κ2) is 4.78. The standard InChI is InChI=1S/C15H20ClN3/c1-9-7-8-17-15-13(9)18-14(10(2)16)19(15)11(3)12-5-4-6-12/h7-8,10-12H,4-6H2,1-3H3. The van der Waals surface area contributed by atoms with Crippen LogP contribution in [0.3, 0.4) is 0 Å². The van der Waals surface area contributed by atoms with Gasteiger partial charge >= 0.3 is 0 Å². The Kier molecular flexibility index (Phi) is 3.25. The molecule has 2 aromatic heterocycles. The highest BCUT2D eigenvalue weighted by Crippen LogP contribution is 2.39. The maximum absolute atomic E-state index is 6.33. The van der Waals surface area contributed by atoms with Crippen LogP contribution in [-0.2, 0) is 0 Å². The molecule has 1 fully saturated rings. The molecule has 0 spiro atoms. The van der Waals surface area contributed by atoms with Crippen molar-refractivity contribution in [3.63, 3.8) is 0 Å². The minimum absolute atomic E-state index is 0.0869. The molecule has 3 nitrogen and oxygen atoms in total. The average molecular weight is 278 g/mol. The second-order valence-corrected chi connectivity index (χ2v) is 6.34. The van der Waals surface area contributed by atoms with Crippen LogP contribution in [0.15, 0.2) is 12.3 Å². The van der Waals surface area contributed by atoms with Crippen molar-refractivity contribution in [3.05, 3.63) is 23.7 Å². The third-order valence-corrected chi connectivity index (χ3v) is 4.60. The molecular formula is C15H20ClN3. The lowest BCUT2D eigenvalue weighted by Crippen LogP contribution is -2.24. The van der Waals surface area contributed by atoms with Crippen LogP contribution >= 0.6 is 11.6 Å². The van der Waals surface area contributed by atoms with E-state index in [-0.39, 0.29) is 5.38 Å². The zero-order valence-electron chi connectivity index (χ0n) is 11.7. The summed E-state index contributed by atoms with van der Waals surface area (Å²) in [5.74, 6) is 1.70.